The third kappa shape index (κ3) is 2.80. The van der Waals surface area contributed by atoms with Crippen LogP contribution in [0.2, 0.25) is 0 Å². The Bertz CT molecular complexity index is 447. The second-order valence-corrected chi connectivity index (χ2v) is 7.45. The van der Waals surface area contributed by atoms with Crippen LogP contribution in [0.3, 0.4) is 0 Å². The molecule has 0 radical (unpaired) electrons. The van der Waals surface area contributed by atoms with E-state index in [1.807, 2.05) is 11.8 Å². The van der Waals surface area contributed by atoms with E-state index in [9.17, 15) is 9.59 Å². The van der Waals surface area contributed by atoms with Gasteiger partial charge in [-0.25, -0.2) is 0 Å². The maximum absolute atomic E-state index is 12.8. The minimum absolute atomic E-state index is 0.00251. The van der Waals surface area contributed by atoms with Gasteiger partial charge in [0.05, 0.1) is 6.54 Å². The van der Waals surface area contributed by atoms with Crippen molar-refractivity contribution in [1.82, 2.24) is 15.1 Å². The van der Waals surface area contributed by atoms with Gasteiger partial charge in [0, 0.05) is 19.1 Å². The summed E-state index contributed by atoms with van der Waals surface area (Å²) in [5, 5.41) is 2.95. The molecule has 1 aliphatic carbocycles. The standard InChI is InChI=1S/C16H27N3O2/c1-11(2)18-7-6-12(8-18)9-19-10-14(20)17-16(3,15(19)21)13-4-5-13/h11-13H,4-10H2,1-3H3,(H,17,20). The number of carbonyl (C=O) groups excluding carboxylic acids is 2. The van der Waals surface area contributed by atoms with Gasteiger partial charge in [-0.05, 0) is 58.4 Å². The first-order valence-corrected chi connectivity index (χ1v) is 8.24. The van der Waals surface area contributed by atoms with Crippen LogP contribution in [0.4, 0.5) is 0 Å². The van der Waals surface area contributed by atoms with Crippen molar-refractivity contribution in [2.75, 3.05) is 26.2 Å². The van der Waals surface area contributed by atoms with Crippen molar-refractivity contribution in [2.45, 2.75) is 51.6 Å². The lowest BCUT2D eigenvalue weighted by Gasteiger charge is -2.41. The molecule has 2 amide bonds. The smallest absolute Gasteiger partial charge is 0.248 e. The predicted molar refractivity (Wildman–Crippen MR) is 80.7 cm³/mol. The Kier molecular flexibility index (Phi) is 3.72. The molecule has 118 valence electrons. The predicted octanol–water partition coefficient (Wildman–Crippen LogP) is 0.844. The highest BCUT2D eigenvalue weighted by Crippen LogP contribution is 2.41. The molecular weight excluding hydrogens is 266 g/mol. The quantitative estimate of drug-likeness (QED) is 0.836. The lowest BCUT2D eigenvalue weighted by molar-refractivity contribution is -0.150. The minimum atomic E-state index is -0.647. The van der Waals surface area contributed by atoms with Crippen LogP contribution >= 0.6 is 0 Å². The number of nitrogens with one attached hydrogen (secondary N) is 1. The number of hydrogen-bond acceptors (Lipinski definition) is 3. The van der Waals surface area contributed by atoms with E-state index in [0.717, 1.165) is 38.9 Å². The van der Waals surface area contributed by atoms with E-state index >= 15 is 0 Å². The number of likely N-dealkylation sites (tertiary alicyclic amines) is 1. The van der Waals surface area contributed by atoms with E-state index in [1.54, 1.807) is 0 Å². The van der Waals surface area contributed by atoms with Crippen molar-refractivity contribution in [3.8, 4) is 0 Å². The van der Waals surface area contributed by atoms with E-state index in [0.29, 0.717) is 17.9 Å². The van der Waals surface area contributed by atoms with Gasteiger partial charge in [0.25, 0.3) is 0 Å². The van der Waals surface area contributed by atoms with Crippen LogP contribution in [0, 0.1) is 11.8 Å². The zero-order valence-corrected chi connectivity index (χ0v) is 13.4. The molecule has 3 fully saturated rings. The number of piperazine rings is 1. The van der Waals surface area contributed by atoms with Crippen LogP contribution in [0.5, 0.6) is 0 Å². The summed E-state index contributed by atoms with van der Waals surface area (Å²) in [7, 11) is 0. The van der Waals surface area contributed by atoms with Crippen molar-refractivity contribution in [3.63, 3.8) is 0 Å². The number of rotatable bonds is 4. The summed E-state index contributed by atoms with van der Waals surface area (Å²) in [4.78, 5) is 29.0. The average molecular weight is 293 g/mol. The molecule has 5 nitrogen and oxygen atoms in total. The molecule has 0 aromatic heterocycles. The molecule has 3 aliphatic rings. The van der Waals surface area contributed by atoms with Crippen LogP contribution < -0.4 is 5.32 Å². The average Bonchev–Trinajstić information content (AvgIpc) is 3.16. The van der Waals surface area contributed by atoms with E-state index < -0.39 is 5.54 Å². The lowest BCUT2D eigenvalue weighted by Crippen LogP contribution is -2.66. The van der Waals surface area contributed by atoms with E-state index in [-0.39, 0.29) is 18.4 Å². The summed E-state index contributed by atoms with van der Waals surface area (Å²) in [5.74, 6) is 0.980. The van der Waals surface area contributed by atoms with Crippen LogP contribution in [-0.4, -0.2) is 59.4 Å². The Hall–Kier alpha value is -1.10. The van der Waals surface area contributed by atoms with Crippen molar-refractivity contribution >= 4 is 11.8 Å². The summed E-state index contributed by atoms with van der Waals surface area (Å²) in [5.41, 5.74) is -0.647. The third-order valence-corrected chi connectivity index (χ3v) is 5.39. The van der Waals surface area contributed by atoms with Crippen LogP contribution in [0.15, 0.2) is 0 Å². The Morgan fingerprint density at radius 3 is 2.57 bits per heavy atom. The summed E-state index contributed by atoms with van der Waals surface area (Å²) in [6.45, 7) is 9.46. The fourth-order valence-electron chi connectivity index (χ4n) is 3.83. The largest absolute Gasteiger partial charge is 0.340 e. The van der Waals surface area contributed by atoms with E-state index in [2.05, 4.69) is 24.1 Å². The summed E-state index contributed by atoms with van der Waals surface area (Å²) < 4.78 is 0. The molecule has 2 heterocycles. The molecule has 0 spiro atoms. The molecule has 0 aromatic carbocycles. The van der Waals surface area contributed by atoms with Crippen molar-refractivity contribution in [1.29, 1.82) is 0 Å². The van der Waals surface area contributed by atoms with Gasteiger partial charge in [-0.15, -0.1) is 0 Å². The normalized spacial score (nSPS) is 34.7. The number of hydrogen-bond donors (Lipinski definition) is 1. The number of amides is 2. The highest BCUT2D eigenvalue weighted by atomic mass is 16.2. The van der Waals surface area contributed by atoms with Crippen LogP contribution in [-0.2, 0) is 9.59 Å². The van der Waals surface area contributed by atoms with E-state index in [4.69, 9.17) is 0 Å². The fraction of sp³-hybridized carbons (Fsp3) is 0.875. The lowest BCUT2D eigenvalue weighted by atomic mass is 9.91. The van der Waals surface area contributed by atoms with Crippen LogP contribution in [0.25, 0.3) is 0 Å². The molecular formula is C16H27N3O2. The van der Waals surface area contributed by atoms with Gasteiger partial charge in [0.15, 0.2) is 0 Å². The first-order chi connectivity index (χ1) is 9.90. The first kappa shape index (κ1) is 14.8. The van der Waals surface area contributed by atoms with Crippen molar-refractivity contribution in [2.24, 2.45) is 11.8 Å². The fourth-order valence-corrected chi connectivity index (χ4v) is 3.83. The SMILES string of the molecule is CC(C)N1CCC(CN2CC(=O)NC(C)(C3CC3)C2=O)C1. The van der Waals surface area contributed by atoms with Gasteiger partial charge >= 0.3 is 0 Å². The Morgan fingerprint density at radius 1 is 1.29 bits per heavy atom. The molecule has 3 rings (SSSR count). The molecule has 1 saturated carbocycles. The maximum atomic E-state index is 12.8. The highest BCUT2D eigenvalue weighted by molar-refractivity contribution is 5.98. The van der Waals surface area contributed by atoms with Gasteiger partial charge in [-0.2, -0.15) is 0 Å². The Morgan fingerprint density at radius 2 is 2.00 bits per heavy atom. The summed E-state index contributed by atoms with van der Waals surface area (Å²) in [6, 6.07) is 0.562. The summed E-state index contributed by atoms with van der Waals surface area (Å²) >= 11 is 0. The van der Waals surface area contributed by atoms with Gasteiger partial charge in [-0.1, -0.05) is 0 Å². The second-order valence-electron chi connectivity index (χ2n) is 7.45. The Labute approximate surface area is 127 Å². The molecule has 2 aliphatic heterocycles. The molecule has 0 aromatic rings. The molecule has 2 saturated heterocycles. The highest BCUT2D eigenvalue weighted by Gasteiger charge is 2.52. The monoisotopic (exact) mass is 293 g/mol. The number of nitrogens with zero attached hydrogens (tertiary/aromatic N) is 2. The zero-order valence-electron chi connectivity index (χ0n) is 13.4. The van der Waals surface area contributed by atoms with Gasteiger partial charge in [0.2, 0.25) is 11.8 Å². The van der Waals surface area contributed by atoms with Crippen LogP contribution in [0.1, 0.15) is 40.0 Å². The molecule has 5 heteroatoms. The first-order valence-electron chi connectivity index (χ1n) is 8.24. The Balaban J connectivity index is 1.65. The molecule has 21 heavy (non-hydrogen) atoms. The molecule has 0 bridgehead atoms. The summed E-state index contributed by atoms with van der Waals surface area (Å²) in [6.07, 6.45) is 3.24. The topological polar surface area (TPSA) is 52.6 Å². The molecule has 2 unspecified atom stereocenters. The number of carbonyl (C=O) groups is 2. The zero-order chi connectivity index (χ0) is 15.2. The van der Waals surface area contributed by atoms with E-state index in [1.165, 1.54) is 0 Å². The van der Waals surface area contributed by atoms with Gasteiger partial charge < -0.3 is 15.1 Å². The van der Waals surface area contributed by atoms with Crippen molar-refractivity contribution in [3.05, 3.63) is 0 Å². The van der Waals surface area contributed by atoms with Gasteiger partial charge in [0.1, 0.15) is 5.54 Å². The second kappa shape index (κ2) is 5.27. The molecule has 2 atom stereocenters. The molecule has 1 N–H and O–H groups in total. The van der Waals surface area contributed by atoms with Crippen molar-refractivity contribution < 1.29 is 9.59 Å². The van der Waals surface area contributed by atoms with Gasteiger partial charge in [-0.3, -0.25) is 9.59 Å². The maximum Gasteiger partial charge on any atom is 0.248 e. The third-order valence-electron chi connectivity index (χ3n) is 5.39. The minimum Gasteiger partial charge on any atom is -0.340 e.